The number of rotatable bonds is 2. The second kappa shape index (κ2) is 12.6. The van der Waals surface area contributed by atoms with Crippen LogP contribution in [-0.4, -0.2) is 42.2 Å². The standard InChI is InChI=1S/2C12H12O2.C10H8O2/c13-12(14)9-5-4-8-11(12)10-6-2-1-3-7-10;13-12(14)8-6-11(7-9-12)10-4-2-1-3-5-10;11-9-5-7-3-1-2-4-8(7)6-10(9)12/h2*1-9,11,13-14H;1-6,11-12H. The molecule has 0 aromatic heterocycles. The number of aliphatic hydroxyl groups is 4. The molecule has 4 aromatic rings. The molecule has 0 saturated heterocycles. The van der Waals surface area contributed by atoms with E-state index in [0.717, 1.165) is 21.9 Å². The Morgan fingerprint density at radius 3 is 1.48 bits per heavy atom. The second-order valence-electron chi connectivity index (χ2n) is 9.54. The Bertz CT molecular complexity index is 1460. The Morgan fingerprint density at radius 2 is 0.975 bits per heavy atom. The first-order valence-corrected chi connectivity index (χ1v) is 12.8. The molecule has 0 fully saturated rings. The van der Waals surface area contributed by atoms with Gasteiger partial charge in [0.15, 0.2) is 17.3 Å². The molecule has 6 heteroatoms. The number of fused-ring (bicyclic) bond motifs is 1. The van der Waals surface area contributed by atoms with Crippen LogP contribution in [0.4, 0.5) is 0 Å². The van der Waals surface area contributed by atoms with Gasteiger partial charge in [-0.15, -0.1) is 0 Å². The highest BCUT2D eigenvalue weighted by atomic mass is 16.5. The quantitative estimate of drug-likeness (QED) is 0.116. The van der Waals surface area contributed by atoms with E-state index >= 15 is 0 Å². The predicted octanol–water partition coefficient (Wildman–Crippen LogP) is 5.41. The van der Waals surface area contributed by atoms with E-state index in [1.165, 1.54) is 18.2 Å². The molecule has 40 heavy (non-hydrogen) atoms. The Morgan fingerprint density at radius 1 is 0.500 bits per heavy atom. The molecule has 2 aliphatic carbocycles. The molecule has 204 valence electrons. The van der Waals surface area contributed by atoms with Crippen molar-refractivity contribution in [3.05, 3.63) is 157 Å². The van der Waals surface area contributed by atoms with Crippen molar-refractivity contribution in [3.8, 4) is 11.5 Å². The largest absolute Gasteiger partial charge is 0.504 e. The topological polar surface area (TPSA) is 121 Å². The second-order valence-corrected chi connectivity index (χ2v) is 9.54. The molecule has 0 spiro atoms. The Hall–Kier alpha value is -4.46. The molecule has 0 aliphatic heterocycles. The monoisotopic (exact) mass is 536 g/mol. The van der Waals surface area contributed by atoms with Crippen molar-refractivity contribution in [1.29, 1.82) is 0 Å². The molecule has 0 amide bonds. The first kappa shape index (κ1) is 28.5. The Labute approximate surface area is 233 Å². The van der Waals surface area contributed by atoms with Crippen molar-refractivity contribution in [3.63, 3.8) is 0 Å². The summed E-state index contributed by atoms with van der Waals surface area (Å²) in [6, 6.07) is 30.0. The van der Waals surface area contributed by atoms with Crippen molar-refractivity contribution in [2.24, 2.45) is 0 Å². The van der Waals surface area contributed by atoms with Crippen LogP contribution in [-0.2, 0) is 0 Å². The first-order chi connectivity index (χ1) is 19.1. The van der Waals surface area contributed by atoms with E-state index in [0.29, 0.717) is 0 Å². The molecule has 6 rings (SSSR count). The molecule has 1 unspecified atom stereocenters. The van der Waals surface area contributed by atoms with Crippen LogP contribution in [0.1, 0.15) is 23.0 Å². The van der Waals surface area contributed by atoms with Crippen molar-refractivity contribution < 1.29 is 30.6 Å². The van der Waals surface area contributed by atoms with E-state index in [2.05, 4.69) is 0 Å². The fraction of sp³-hybridized carbons (Fsp3) is 0.118. The fourth-order valence-electron chi connectivity index (χ4n) is 4.36. The molecule has 6 N–H and O–H groups in total. The SMILES string of the molecule is OC1(O)C=CC(c2ccccc2)C=C1.OC1(O)C=CC=CC1c1ccccc1.Oc1cc2ccccc2cc1O. The number of aromatic hydroxyl groups is 2. The van der Waals surface area contributed by atoms with Crippen molar-refractivity contribution in [2.45, 2.75) is 23.4 Å². The highest BCUT2D eigenvalue weighted by Crippen LogP contribution is 2.32. The molecule has 0 radical (unpaired) electrons. The van der Waals surface area contributed by atoms with Crippen LogP contribution in [0.3, 0.4) is 0 Å². The van der Waals surface area contributed by atoms with Gasteiger partial charge in [-0.25, -0.2) is 0 Å². The lowest BCUT2D eigenvalue weighted by Gasteiger charge is -2.28. The van der Waals surface area contributed by atoms with Gasteiger partial charge in [-0.1, -0.05) is 115 Å². The maximum atomic E-state index is 9.71. The number of benzene rings is 4. The van der Waals surface area contributed by atoms with Crippen LogP contribution in [0.15, 0.2) is 146 Å². The van der Waals surface area contributed by atoms with Crippen LogP contribution in [0.25, 0.3) is 10.8 Å². The van der Waals surface area contributed by atoms with E-state index in [4.69, 9.17) is 10.2 Å². The summed E-state index contributed by atoms with van der Waals surface area (Å²) in [5.41, 5.74) is 2.05. The van der Waals surface area contributed by atoms with Gasteiger partial charge >= 0.3 is 0 Å². The van der Waals surface area contributed by atoms with Crippen LogP contribution in [0.2, 0.25) is 0 Å². The van der Waals surface area contributed by atoms with E-state index in [-0.39, 0.29) is 23.3 Å². The maximum Gasteiger partial charge on any atom is 0.202 e. The number of hydrogen-bond acceptors (Lipinski definition) is 6. The van der Waals surface area contributed by atoms with E-state index < -0.39 is 11.6 Å². The highest BCUT2D eigenvalue weighted by molar-refractivity contribution is 5.85. The van der Waals surface area contributed by atoms with Crippen LogP contribution in [0.5, 0.6) is 11.5 Å². The Balaban J connectivity index is 0.000000139. The van der Waals surface area contributed by atoms with Crippen molar-refractivity contribution in [1.82, 2.24) is 0 Å². The zero-order chi connectivity index (χ0) is 28.6. The van der Waals surface area contributed by atoms with E-state index in [9.17, 15) is 20.4 Å². The van der Waals surface area contributed by atoms with Gasteiger partial charge in [0.25, 0.3) is 0 Å². The summed E-state index contributed by atoms with van der Waals surface area (Å²) in [4.78, 5) is 0. The lowest BCUT2D eigenvalue weighted by molar-refractivity contribution is -0.128. The van der Waals surface area contributed by atoms with Gasteiger partial charge in [-0.3, -0.25) is 0 Å². The van der Waals surface area contributed by atoms with Gasteiger partial charge in [-0.05, 0) is 52.3 Å². The van der Waals surface area contributed by atoms with Gasteiger partial charge < -0.3 is 30.6 Å². The normalized spacial score (nSPS) is 18.4. The smallest absolute Gasteiger partial charge is 0.202 e. The number of hydrogen-bond donors (Lipinski definition) is 6. The van der Waals surface area contributed by atoms with Gasteiger partial charge in [-0.2, -0.15) is 0 Å². The fourth-order valence-corrected chi connectivity index (χ4v) is 4.36. The van der Waals surface area contributed by atoms with Crippen molar-refractivity contribution >= 4 is 10.8 Å². The molecule has 1 atom stereocenters. The molecule has 6 nitrogen and oxygen atoms in total. The highest BCUT2D eigenvalue weighted by Gasteiger charge is 2.32. The average molecular weight is 537 g/mol. The lowest BCUT2D eigenvalue weighted by Crippen LogP contribution is -2.33. The average Bonchev–Trinajstić information content (AvgIpc) is 2.95. The minimum absolute atomic E-state index is 0.0753. The summed E-state index contributed by atoms with van der Waals surface area (Å²) in [7, 11) is 0. The summed E-state index contributed by atoms with van der Waals surface area (Å²) in [6.07, 6.45) is 13.0. The third-order valence-corrected chi connectivity index (χ3v) is 6.50. The summed E-state index contributed by atoms with van der Waals surface area (Å²) in [5, 5.41) is 58.0. The van der Waals surface area contributed by atoms with Crippen molar-refractivity contribution in [2.75, 3.05) is 0 Å². The molecular weight excluding hydrogens is 504 g/mol. The molecule has 0 saturated carbocycles. The first-order valence-electron chi connectivity index (χ1n) is 12.8. The maximum absolute atomic E-state index is 9.71. The molecular formula is C34H32O6. The van der Waals surface area contributed by atoms with Gasteiger partial charge in [0, 0.05) is 5.92 Å². The van der Waals surface area contributed by atoms with E-state index in [1.54, 1.807) is 36.4 Å². The summed E-state index contributed by atoms with van der Waals surface area (Å²) in [5.74, 6) is -3.93. The summed E-state index contributed by atoms with van der Waals surface area (Å²) < 4.78 is 0. The minimum Gasteiger partial charge on any atom is -0.504 e. The molecule has 4 aromatic carbocycles. The molecule has 0 bridgehead atoms. The molecule has 2 aliphatic rings. The summed E-state index contributed by atoms with van der Waals surface area (Å²) in [6.45, 7) is 0. The third-order valence-electron chi connectivity index (χ3n) is 6.50. The molecule has 0 heterocycles. The zero-order valence-electron chi connectivity index (χ0n) is 21.7. The number of allylic oxidation sites excluding steroid dienone is 4. The number of phenolic OH excluding ortho intramolecular Hbond substituents is 2. The number of phenols is 2. The van der Waals surface area contributed by atoms with Crippen LogP contribution in [0, 0.1) is 0 Å². The zero-order valence-corrected chi connectivity index (χ0v) is 21.7. The van der Waals surface area contributed by atoms with Crippen LogP contribution < -0.4 is 0 Å². The van der Waals surface area contributed by atoms with Crippen LogP contribution >= 0.6 is 0 Å². The summed E-state index contributed by atoms with van der Waals surface area (Å²) >= 11 is 0. The third kappa shape index (κ3) is 7.56. The van der Waals surface area contributed by atoms with Gasteiger partial charge in [0.1, 0.15) is 0 Å². The Kier molecular flexibility index (Phi) is 8.99. The van der Waals surface area contributed by atoms with Gasteiger partial charge in [0.2, 0.25) is 5.79 Å². The minimum atomic E-state index is -1.77. The van der Waals surface area contributed by atoms with Gasteiger partial charge in [0.05, 0.1) is 5.92 Å². The predicted molar refractivity (Wildman–Crippen MR) is 157 cm³/mol. The van der Waals surface area contributed by atoms with E-state index in [1.807, 2.05) is 91.0 Å². The lowest BCUT2D eigenvalue weighted by atomic mass is 9.87.